The Morgan fingerprint density at radius 3 is 2.41 bits per heavy atom. The predicted molar refractivity (Wildman–Crippen MR) is 176 cm³/mol. The second kappa shape index (κ2) is 16.2. The van der Waals surface area contributed by atoms with Crippen LogP contribution in [0.2, 0.25) is 0 Å². The maximum Gasteiger partial charge on any atom is 0.253 e. The molecule has 2 heterocycles. The molecule has 1 unspecified atom stereocenters. The van der Waals surface area contributed by atoms with Crippen LogP contribution in [0.3, 0.4) is 0 Å². The summed E-state index contributed by atoms with van der Waals surface area (Å²) < 4.78 is 24.3. The molecule has 8 nitrogen and oxygen atoms in total. The minimum Gasteiger partial charge on any atom is -0.497 e. The number of hydrogen-bond donors (Lipinski definition) is 1. The van der Waals surface area contributed by atoms with Gasteiger partial charge in [0.15, 0.2) is 11.5 Å². The fourth-order valence-corrected chi connectivity index (χ4v) is 5.94. The monoisotopic (exact) mass is 619 g/mol. The number of carbonyl (C=O) groups excluding carboxylic acids is 1. The van der Waals surface area contributed by atoms with Crippen molar-refractivity contribution in [2.24, 2.45) is 5.92 Å². The van der Waals surface area contributed by atoms with Crippen LogP contribution in [0.5, 0.6) is 23.0 Å². The van der Waals surface area contributed by atoms with Gasteiger partial charge in [0.1, 0.15) is 23.1 Å². The Balaban J connectivity index is 1.56. The van der Waals surface area contributed by atoms with Crippen molar-refractivity contribution in [2.45, 2.75) is 66.0 Å². The zero-order valence-electron chi connectivity index (χ0n) is 26.8. The molecule has 2 aromatic carbocycles. The highest BCUT2D eigenvalue weighted by Gasteiger charge is 2.21. The molecule has 0 aliphatic heterocycles. The van der Waals surface area contributed by atoms with Crippen molar-refractivity contribution < 1.29 is 23.7 Å². The first kappa shape index (κ1) is 32.9. The number of rotatable bonds is 17. The molecule has 0 fully saturated rings. The van der Waals surface area contributed by atoms with E-state index in [-0.39, 0.29) is 5.91 Å². The van der Waals surface area contributed by atoms with E-state index in [1.54, 1.807) is 32.7 Å². The van der Waals surface area contributed by atoms with E-state index in [0.29, 0.717) is 42.7 Å². The molecule has 1 amide bonds. The van der Waals surface area contributed by atoms with Crippen molar-refractivity contribution in [3.63, 3.8) is 0 Å². The average molecular weight is 620 g/mol. The number of benzene rings is 2. The summed E-state index contributed by atoms with van der Waals surface area (Å²) in [6, 6.07) is 15.5. The van der Waals surface area contributed by atoms with Crippen molar-refractivity contribution in [2.75, 3.05) is 27.9 Å². The third kappa shape index (κ3) is 8.34. The lowest BCUT2D eigenvalue weighted by molar-refractivity contribution is 0.0945. The summed E-state index contributed by atoms with van der Waals surface area (Å²) in [5.41, 5.74) is 4.46. The highest BCUT2D eigenvalue weighted by atomic mass is 32.1. The Morgan fingerprint density at radius 1 is 0.977 bits per heavy atom. The normalized spacial score (nSPS) is 11.7. The molecular weight excluding hydrogens is 574 g/mol. The van der Waals surface area contributed by atoms with Gasteiger partial charge < -0.3 is 28.8 Å². The van der Waals surface area contributed by atoms with Gasteiger partial charge in [0, 0.05) is 24.2 Å². The van der Waals surface area contributed by atoms with E-state index in [9.17, 15) is 4.79 Å². The van der Waals surface area contributed by atoms with Crippen molar-refractivity contribution in [1.29, 1.82) is 0 Å². The zero-order valence-corrected chi connectivity index (χ0v) is 27.6. The van der Waals surface area contributed by atoms with Gasteiger partial charge in [-0.25, -0.2) is 4.98 Å². The molecule has 0 bridgehead atoms. The first-order valence-corrected chi connectivity index (χ1v) is 16.2. The first-order valence-electron chi connectivity index (χ1n) is 15.3. The quantitative estimate of drug-likeness (QED) is 0.130. The third-order valence-corrected chi connectivity index (χ3v) is 8.84. The summed E-state index contributed by atoms with van der Waals surface area (Å²) in [7, 11) is 4.92. The number of ether oxygens (including phenoxy) is 4. The van der Waals surface area contributed by atoms with Crippen LogP contribution in [0, 0.1) is 12.8 Å². The summed E-state index contributed by atoms with van der Waals surface area (Å²) in [4.78, 5) is 18.4. The van der Waals surface area contributed by atoms with E-state index in [1.165, 1.54) is 6.42 Å². The smallest absolute Gasteiger partial charge is 0.253 e. The van der Waals surface area contributed by atoms with Crippen LogP contribution in [0.1, 0.15) is 66.2 Å². The van der Waals surface area contributed by atoms with Gasteiger partial charge in [0.05, 0.1) is 38.3 Å². The second-order valence-electron chi connectivity index (χ2n) is 10.8. The predicted octanol–water partition coefficient (Wildman–Crippen LogP) is 7.71. The topological polar surface area (TPSA) is 83.8 Å². The van der Waals surface area contributed by atoms with Gasteiger partial charge >= 0.3 is 0 Å². The number of methoxy groups -OCH3 is 3. The summed E-state index contributed by atoms with van der Waals surface area (Å²) in [6.07, 6.45) is 5.27. The van der Waals surface area contributed by atoms with E-state index in [0.717, 1.165) is 64.8 Å². The molecule has 44 heavy (non-hydrogen) atoms. The van der Waals surface area contributed by atoms with Crippen LogP contribution in [0.15, 0.2) is 53.9 Å². The van der Waals surface area contributed by atoms with E-state index in [2.05, 4.69) is 23.7 Å². The zero-order chi connectivity index (χ0) is 31.5. The van der Waals surface area contributed by atoms with Gasteiger partial charge in [-0.05, 0) is 73.7 Å². The molecule has 1 N–H and O–H groups in total. The van der Waals surface area contributed by atoms with Crippen LogP contribution in [-0.4, -0.2) is 43.3 Å². The number of thiazole rings is 1. The van der Waals surface area contributed by atoms with Crippen molar-refractivity contribution in [3.8, 4) is 34.4 Å². The van der Waals surface area contributed by atoms with Crippen LogP contribution in [0.25, 0.3) is 11.4 Å². The van der Waals surface area contributed by atoms with Gasteiger partial charge in [-0.2, -0.15) is 0 Å². The second-order valence-corrected chi connectivity index (χ2v) is 11.8. The van der Waals surface area contributed by atoms with E-state index < -0.39 is 0 Å². The van der Waals surface area contributed by atoms with Crippen LogP contribution >= 0.6 is 11.3 Å². The van der Waals surface area contributed by atoms with Gasteiger partial charge in [0.25, 0.3) is 5.91 Å². The molecule has 0 saturated carbocycles. The first-order chi connectivity index (χ1) is 21.4. The van der Waals surface area contributed by atoms with E-state index in [4.69, 9.17) is 23.9 Å². The Labute approximate surface area is 265 Å². The number of aromatic nitrogens is 2. The number of unbranched alkanes of at least 4 members (excludes halogenated alkanes) is 1. The average Bonchev–Trinajstić information content (AvgIpc) is 3.66. The summed E-state index contributed by atoms with van der Waals surface area (Å²) >= 11 is 1.55. The van der Waals surface area contributed by atoms with E-state index >= 15 is 0 Å². The molecule has 0 radical (unpaired) electrons. The Kier molecular flexibility index (Phi) is 12.1. The van der Waals surface area contributed by atoms with Crippen molar-refractivity contribution in [3.05, 3.63) is 75.7 Å². The number of nitrogens with zero attached hydrogens (tertiary/aromatic N) is 2. The molecular formula is C35H45N3O5S. The van der Waals surface area contributed by atoms with Crippen LogP contribution in [0.4, 0.5) is 0 Å². The molecule has 0 spiro atoms. The fourth-order valence-electron chi connectivity index (χ4n) is 5.24. The minimum absolute atomic E-state index is 0.0399. The summed E-state index contributed by atoms with van der Waals surface area (Å²) in [6.45, 7) is 8.12. The van der Waals surface area contributed by atoms with Crippen molar-refractivity contribution >= 4 is 17.2 Å². The molecule has 4 rings (SSSR count). The number of nitrogens with one attached hydrogen (secondary N) is 1. The SMILES string of the molecule is CCCCC(CC)CNC(=O)c1cc(-c2csc(COc3ccc(OC)cc3)n2)n(CCc2ccc(OC)c(OC)c2)c1C. The largest absolute Gasteiger partial charge is 0.497 e. The summed E-state index contributed by atoms with van der Waals surface area (Å²) in [5.74, 6) is 3.37. The maximum atomic E-state index is 13.5. The van der Waals surface area contributed by atoms with Gasteiger partial charge in [-0.15, -0.1) is 11.3 Å². The van der Waals surface area contributed by atoms with Crippen LogP contribution < -0.4 is 24.3 Å². The lowest BCUT2D eigenvalue weighted by Gasteiger charge is -2.15. The van der Waals surface area contributed by atoms with Crippen LogP contribution in [-0.2, 0) is 19.6 Å². The molecule has 0 aliphatic rings. The highest BCUT2D eigenvalue weighted by molar-refractivity contribution is 7.09. The Hall–Kier alpha value is -3.98. The molecule has 0 aliphatic carbocycles. The minimum atomic E-state index is -0.0399. The maximum absolute atomic E-state index is 13.5. The van der Waals surface area contributed by atoms with E-state index in [1.807, 2.05) is 60.8 Å². The number of aryl methyl sites for hydroxylation is 1. The lowest BCUT2D eigenvalue weighted by Crippen LogP contribution is -2.29. The van der Waals surface area contributed by atoms with Crippen molar-refractivity contribution in [1.82, 2.24) is 14.9 Å². The Morgan fingerprint density at radius 2 is 1.73 bits per heavy atom. The number of amides is 1. The third-order valence-electron chi connectivity index (χ3n) is 8.01. The van der Waals surface area contributed by atoms with Gasteiger partial charge in [0.2, 0.25) is 0 Å². The molecule has 9 heteroatoms. The molecule has 4 aromatic rings. The Bertz CT molecular complexity index is 1490. The molecule has 0 saturated heterocycles. The molecule has 236 valence electrons. The summed E-state index contributed by atoms with van der Waals surface area (Å²) in [5, 5.41) is 6.11. The molecule has 1 atom stereocenters. The number of carbonyl (C=O) groups is 1. The standard InChI is InChI=1S/C35H45N3O5S/c1-7-9-10-25(8-2)21-36-35(39)29-20-31(30-23-44-34(37-30)22-43-28-14-12-27(40-4)13-15-28)38(24(29)3)18-17-26-11-16-32(41-5)33(19-26)42-6/h11-16,19-20,23,25H,7-10,17-18,21-22H2,1-6H3,(H,36,39). The number of hydrogen-bond acceptors (Lipinski definition) is 7. The highest BCUT2D eigenvalue weighted by Crippen LogP contribution is 2.31. The van der Waals surface area contributed by atoms with Gasteiger partial charge in [-0.1, -0.05) is 39.2 Å². The fraction of sp³-hybridized carbons (Fsp3) is 0.429. The molecule has 2 aromatic heterocycles. The lowest BCUT2D eigenvalue weighted by atomic mass is 9.99. The van der Waals surface area contributed by atoms with Gasteiger partial charge in [-0.3, -0.25) is 4.79 Å².